The maximum absolute atomic E-state index is 11.8. The number of nitrogens with two attached hydrogens (primary N) is 1. The molecular formula is C13H15N3O2S. The first-order valence-electron chi connectivity index (χ1n) is 5.87. The lowest BCUT2D eigenvalue weighted by Crippen LogP contribution is -2.32. The largest absolute Gasteiger partial charge is 0.389 e. The molecule has 0 radical (unpaired) electrons. The van der Waals surface area contributed by atoms with Gasteiger partial charge in [-0.3, -0.25) is 14.5 Å². The summed E-state index contributed by atoms with van der Waals surface area (Å²) in [6, 6.07) is 5.03. The predicted octanol–water partition coefficient (Wildman–Crippen LogP) is 0.798. The number of nitrogens with one attached hydrogen (secondary N) is 1. The summed E-state index contributed by atoms with van der Waals surface area (Å²) in [6.07, 6.45) is 0.153. The van der Waals surface area contributed by atoms with Crippen molar-refractivity contribution in [1.82, 2.24) is 4.90 Å². The molecule has 0 saturated carbocycles. The van der Waals surface area contributed by atoms with Gasteiger partial charge in [0.25, 0.3) is 5.91 Å². The molecule has 19 heavy (non-hydrogen) atoms. The number of imide groups is 1. The standard InChI is InChI=1S/C13H15N3O2S/c1-7-3-4-9(8(5-7)12(14)19)15-10-6-11(17)16(2)13(10)18/h3-5,10,15H,6H2,1-2H3,(H2,14,19). The Morgan fingerprint density at radius 1 is 1.47 bits per heavy atom. The van der Waals surface area contributed by atoms with Gasteiger partial charge in [0.2, 0.25) is 5.91 Å². The van der Waals surface area contributed by atoms with E-state index in [0.717, 1.165) is 10.5 Å². The lowest BCUT2D eigenvalue weighted by atomic mass is 10.1. The number of likely N-dealkylation sites (tertiary alicyclic amines) is 1. The van der Waals surface area contributed by atoms with E-state index in [1.807, 2.05) is 25.1 Å². The number of amides is 2. The van der Waals surface area contributed by atoms with Gasteiger partial charge in [-0.15, -0.1) is 0 Å². The number of hydrogen-bond donors (Lipinski definition) is 2. The minimum absolute atomic E-state index is 0.153. The van der Waals surface area contributed by atoms with Crippen LogP contribution in [0.5, 0.6) is 0 Å². The highest BCUT2D eigenvalue weighted by Crippen LogP contribution is 2.22. The van der Waals surface area contributed by atoms with Gasteiger partial charge in [0, 0.05) is 18.3 Å². The van der Waals surface area contributed by atoms with E-state index >= 15 is 0 Å². The third-order valence-corrected chi connectivity index (χ3v) is 3.37. The molecule has 3 N–H and O–H groups in total. The van der Waals surface area contributed by atoms with Gasteiger partial charge in [-0.25, -0.2) is 0 Å². The number of rotatable bonds is 3. The normalized spacial score (nSPS) is 18.8. The Kier molecular flexibility index (Phi) is 3.53. The molecule has 1 unspecified atom stereocenters. The Labute approximate surface area is 116 Å². The molecule has 6 heteroatoms. The molecule has 1 aliphatic rings. The highest BCUT2D eigenvalue weighted by Gasteiger charge is 2.36. The Bertz CT molecular complexity index is 571. The minimum Gasteiger partial charge on any atom is -0.389 e. The van der Waals surface area contributed by atoms with Gasteiger partial charge in [-0.2, -0.15) is 0 Å². The molecule has 1 saturated heterocycles. The number of aryl methyl sites for hydroxylation is 1. The molecule has 1 heterocycles. The third-order valence-electron chi connectivity index (χ3n) is 3.15. The van der Waals surface area contributed by atoms with E-state index < -0.39 is 6.04 Å². The van der Waals surface area contributed by atoms with Crippen molar-refractivity contribution in [2.45, 2.75) is 19.4 Å². The van der Waals surface area contributed by atoms with Crippen LogP contribution in [0.15, 0.2) is 18.2 Å². The Morgan fingerprint density at radius 3 is 2.68 bits per heavy atom. The predicted molar refractivity (Wildman–Crippen MR) is 76.9 cm³/mol. The van der Waals surface area contributed by atoms with Crippen molar-refractivity contribution in [3.05, 3.63) is 29.3 Å². The van der Waals surface area contributed by atoms with E-state index in [2.05, 4.69) is 5.32 Å². The van der Waals surface area contributed by atoms with Crippen molar-refractivity contribution in [3.8, 4) is 0 Å². The Balaban J connectivity index is 2.27. The second kappa shape index (κ2) is 4.97. The number of anilines is 1. The second-order valence-corrected chi connectivity index (χ2v) is 5.05. The molecule has 1 aliphatic heterocycles. The third kappa shape index (κ3) is 2.58. The molecule has 100 valence electrons. The highest BCUT2D eigenvalue weighted by atomic mass is 32.1. The number of likely N-dealkylation sites (N-methyl/N-ethyl adjacent to an activating group) is 1. The summed E-state index contributed by atoms with van der Waals surface area (Å²) in [5, 5.41) is 3.05. The monoisotopic (exact) mass is 277 g/mol. The highest BCUT2D eigenvalue weighted by molar-refractivity contribution is 7.80. The number of nitrogens with zero attached hydrogens (tertiary/aromatic N) is 1. The van der Waals surface area contributed by atoms with E-state index in [1.54, 1.807) is 0 Å². The fraction of sp³-hybridized carbons (Fsp3) is 0.308. The maximum atomic E-state index is 11.8. The average molecular weight is 277 g/mol. The number of hydrogen-bond acceptors (Lipinski definition) is 4. The molecule has 0 aliphatic carbocycles. The van der Waals surface area contributed by atoms with E-state index in [1.165, 1.54) is 7.05 Å². The van der Waals surface area contributed by atoms with Crippen LogP contribution in [0, 0.1) is 6.92 Å². The molecule has 2 amide bonds. The zero-order valence-electron chi connectivity index (χ0n) is 10.8. The van der Waals surface area contributed by atoms with Gasteiger partial charge >= 0.3 is 0 Å². The topological polar surface area (TPSA) is 75.4 Å². The quantitative estimate of drug-likeness (QED) is 0.631. The van der Waals surface area contributed by atoms with Crippen LogP contribution in [-0.4, -0.2) is 34.8 Å². The van der Waals surface area contributed by atoms with Gasteiger partial charge in [-0.05, 0) is 19.1 Å². The summed E-state index contributed by atoms with van der Waals surface area (Å²) in [7, 11) is 1.48. The van der Waals surface area contributed by atoms with Crippen LogP contribution >= 0.6 is 12.2 Å². The molecule has 5 nitrogen and oxygen atoms in total. The fourth-order valence-electron chi connectivity index (χ4n) is 2.04. The molecule has 2 rings (SSSR count). The number of carbonyl (C=O) groups is 2. The molecule has 1 aromatic carbocycles. The first kappa shape index (κ1) is 13.5. The van der Waals surface area contributed by atoms with E-state index in [0.29, 0.717) is 11.3 Å². The lowest BCUT2D eigenvalue weighted by Gasteiger charge is -2.16. The van der Waals surface area contributed by atoms with Crippen LogP contribution in [0.1, 0.15) is 17.5 Å². The van der Waals surface area contributed by atoms with Crippen LogP contribution < -0.4 is 11.1 Å². The Hall–Kier alpha value is -1.95. The molecule has 0 bridgehead atoms. The molecule has 1 aromatic rings. The second-order valence-electron chi connectivity index (χ2n) is 4.61. The lowest BCUT2D eigenvalue weighted by molar-refractivity contribution is -0.136. The Morgan fingerprint density at radius 2 is 2.16 bits per heavy atom. The summed E-state index contributed by atoms with van der Waals surface area (Å²) >= 11 is 5.00. The number of thiocarbonyl (C=S) groups is 1. The van der Waals surface area contributed by atoms with Crippen molar-refractivity contribution in [1.29, 1.82) is 0 Å². The van der Waals surface area contributed by atoms with Crippen molar-refractivity contribution in [2.24, 2.45) is 5.73 Å². The average Bonchev–Trinajstić information content (AvgIpc) is 2.59. The van der Waals surface area contributed by atoms with E-state index in [-0.39, 0.29) is 23.2 Å². The summed E-state index contributed by atoms with van der Waals surface area (Å²) in [4.78, 5) is 24.7. The van der Waals surface area contributed by atoms with Crippen molar-refractivity contribution >= 4 is 34.7 Å². The van der Waals surface area contributed by atoms with Crippen LogP contribution in [0.25, 0.3) is 0 Å². The summed E-state index contributed by atoms with van der Waals surface area (Å²) in [6.45, 7) is 1.93. The van der Waals surface area contributed by atoms with Crippen molar-refractivity contribution < 1.29 is 9.59 Å². The fourth-order valence-corrected chi connectivity index (χ4v) is 2.21. The number of benzene rings is 1. The minimum atomic E-state index is -0.548. The van der Waals surface area contributed by atoms with Crippen LogP contribution in [-0.2, 0) is 9.59 Å². The first-order chi connectivity index (χ1) is 8.90. The zero-order chi connectivity index (χ0) is 14.2. The van der Waals surface area contributed by atoms with Crippen LogP contribution in [0.4, 0.5) is 5.69 Å². The van der Waals surface area contributed by atoms with Gasteiger partial charge in [0.1, 0.15) is 11.0 Å². The molecular weight excluding hydrogens is 262 g/mol. The maximum Gasteiger partial charge on any atom is 0.251 e. The van der Waals surface area contributed by atoms with Crippen molar-refractivity contribution in [2.75, 3.05) is 12.4 Å². The van der Waals surface area contributed by atoms with Gasteiger partial charge in [-0.1, -0.05) is 23.8 Å². The summed E-state index contributed by atoms with van der Waals surface area (Å²) in [5.41, 5.74) is 8.07. The molecule has 1 fully saturated rings. The van der Waals surface area contributed by atoms with Crippen LogP contribution in [0.2, 0.25) is 0 Å². The summed E-state index contributed by atoms with van der Waals surface area (Å²) < 4.78 is 0. The molecule has 0 spiro atoms. The first-order valence-corrected chi connectivity index (χ1v) is 6.28. The van der Waals surface area contributed by atoms with E-state index in [9.17, 15) is 9.59 Å². The molecule has 1 atom stereocenters. The van der Waals surface area contributed by atoms with Crippen molar-refractivity contribution in [3.63, 3.8) is 0 Å². The SMILES string of the molecule is Cc1ccc(NC2CC(=O)N(C)C2=O)c(C(N)=S)c1. The van der Waals surface area contributed by atoms with Gasteiger partial charge < -0.3 is 11.1 Å². The van der Waals surface area contributed by atoms with Crippen LogP contribution in [0.3, 0.4) is 0 Å². The van der Waals surface area contributed by atoms with Gasteiger partial charge in [0.05, 0.1) is 6.42 Å². The summed E-state index contributed by atoms with van der Waals surface area (Å²) in [5.74, 6) is -0.425. The van der Waals surface area contributed by atoms with E-state index in [4.69, 9.17) is 18.0 Å². The zero-order valence-corrected chi connectivity index (χ0v) is 11.6. The number of carbonyl (C=O) groups excluding carboxylic acids is 2. The van der Waals surface area contributed by atoms with Gasteiger partial charge in [0.15, 0.2) is 0 Å². The smallest absolute Gasteiger partial charge is 0.251 e. The molecule has 0 aromatic heterocycles.